The summed E-state index contributed by atoms with van der Waals surface area (Å²) >= 11 is 3.39. The number of halogens is 4. The highest BCUT2D eigenvalue weighted by atomic mass is 79.9. The fraction of sp³-hybridized carbons (Fsp3) is 0.235. The molecule has 2 rings (SSSR count). The number of aliphatic imine (C=N–C) groups is 1. The second-order valence-corrected chi connectivity index (χ2v) is 5.93. The van der Waals surface area contributed by atoms with Crippen LogP contribution in [0.4, 0.5) is 24.5 Å². The number of aryl methyl sites for hydroxylation is 1. The molecule has 0 fully saturated rings. The molecule has 0 bridgehead atoms. The molecule has 8 heteroatoms. The monoisotopic (exact) mass is 415 g/mol. The van der Waals surface area contributed by atoms with E-state index in [1.165, 1.54) is 23.1 Å². The average Bonchev–Trinajstić information content (AvgIpc) is 2.55. The summed E-state index contributed by atoms with van der Waals surface area (Å²) in [6.45, 7) is 0. The minimum Gasteiger partial charge on any atom is -0.406 e. The van der Waals surface area contributed by atoms with Crippen LogP contribution < -0.4 is 15.4 Å². The molecule has 0 aliphatic rings. The molecule has 0 heterocycles. The van der Waals surface area contributed by atoms with E-state index in [-0.39, 0.29) is 11.7 Å². The van der Waals surface area contributed by atoms with Crippen molar-refractivity contribution >= 4 is 33.3 Å². The van der Waals surface area contributed by atoms with E-state index in [0.717, 1.165) is 17.3 Å². The first-order valence-corrected chi connectivity index (χ1v) is 8.50. The number of nitrogens with zero attached hydrogens (tertiary/aromatic N) is 2. The van der Waals surface area contributed by atoms with Gasteiger partial charge in [0.05, 0.1) is 5.69 Å². The first kappa shape index (κ1) is 19.1. The van der Waals surface area contributed by atoms with E-state index in [4.69, 9.17) is 5.73 Å². The highest BCUT2D eigenvalue weighted by Crippen LogP contribution is 2.27. The van der Waals surface area contributed by atoms with Crippen LogP contribution in [-0.2, 0) is 6.42 Å². The van der Waals surface area contributed by atoms with Crippen LogP contribution in [0.1, 0.15) is 5.56 Å². The van der Waals surface area contributed by atoms with Crippen LogP contribution in [0.25, 0.3) is 0 Å². The van der Waals surface area contributed by atoms with E-state index in [1.54, 1.807) is 13.1 Å². The number of nitrogens with two attached hydrogens (primary N) is 1. The van der Waals surface area contributed by atoms with Gasteiger partial charge >= 0.3 is 6.36 Å². The molecule has 2 N–H and O–H groups in total. The van der Waals surface area contributed by atoms with Crippen molar-refractivity contribution in [1.82, 2.24) is 0 Å². The van der Waals surface area contributed by atoms with Crippen LogP contribution in [0.15, 0.2) is 53.5 Å². The molecule has 0 saturated heterocycles. The molecule has 0 saturated carbocycles. The quantitative estimate of drug-likeness (QED) is 0.440. The lowest BCUT2D eigenvalue weighted by molar-refractivity contribution is -0.274. The molecule has 2 aromatic carbocycles. The molecular weight excluding hydrogens is 399 g/mol. The maximum Gasteiger partial charge on any atom is 0.573 e. The van der Waals surface area contributed by atoms with Crippen molar-refractivity contribution in [3.8, 4) is 5.75 Å². The predicted molar refractivity (Wildman–Crippen MR) is 96.8 cm³/mol. The summed E-state index contributed by atoms with van der Waals surface area (Å²) in [7, 11) is 1.62. The Morgan fingerprint density at radius 2 is 1.92 bits per heavy atom. The van der Waals surface area contributed by atoms with Crippen molar-refractivity contribution in [1.29, 1.82) is 0 Å². The van der Waals surface area contributed by atoms with Crippen LogP contribution in [0.5, 0.6) is 5.75 Å². The first-order valence-electron chi connectivity index (χ1n) is 7.38. The number of ether oxygens (including phenoxy) is 1. The largest absolute Gasteiger partial charge is 0.573 e. The highest BCUT2D eigenvalue weighted by molar-refractivity contribution is 9.09. The van der Waals surface area contributed by atoms with Gasteiger partial charge in [-0.3, -0.25) is 0 Å². The summed E-state index contributed by atoms with van der Waals surface area (Å²) in [6, 6.07) is 13.1. The Morgan fingerprint density at radius 1 is 1.20 bits per heavy atom. The Labute approximate surface area is 152 Å². The van der Waals surface area contributed by atoms with Crippen LogP contribution in [-0.4, -0.2) is 24.7 Å². The van der Waals surface area contributed by atoms with Gasteiger partial charge in [0, 0.05) is 24.1 Å². The summed E-state index contributed by atoms with van der Waals surface area (Å²) < 4.78 is 41.0. The molecule has 0 aliphatic heterocycles. The van der Waals surface area contributed by atoms with Crippen LogP contribution in [0.2, 0.25) is 0 Å². The van der Waals surface area contributed by atoms with Gasteiger partial charge in [0.15, 0.2) is 0 Å². The summed E-state index contributed by atoms with van der Waals surface area (Å²) in [5.41, 5.74) is 8.19. The van der Waals surface area contributed by atoms with Gasteiger partial charge < -0.3 is 15.4 Å². The molecule has 0 amide bonds. The minimum absolute atomic E-state index is 0.159. The molecule has 0 spiro atoms. The zero-order valence-corrected chi connectivity index (χ0v) is 15.0. The Kier molecular flexibility index (Phi) is 6.30. The van der Waals surface area contributed by atoms with Gasteiger partial charge in [0.2, 0.25) is 5.96 Å². The van der Waals surface area contributed by atoms with E-state index in [1.807, 2.05) is 24.3 Å². The molecule has 25 heavy (non-hydrogen) atoms. The van der Waals surface area contributed by atoms with Gasteiger partial charge in [0.25, 0.3) is 0 Å². The van der Waals surface area contributed by atoms with Crippen LogP contribution >= 0.6 is 15.9 Å². The molecular formula is C17H17BrF3N3O. The molecule has 0 atom stereocenters. The summed E-state index contributed by atoms with van der Waals surface area (Å²) in [5, 5.41) is 0.784. The van der Waals surface area contributed by atoms with E-state index in [0.29, 0.717) is 11.4 Å². The Morgan fingerprint density at radius 3 is 2.60 bits per heavy atom. The third kappa shape index (κ3) is 5.67. The van der Waals surface area contributed by atoms with Gasteiger partial charge in [0.1, 0.15) is 5.75 Å². The molecule has 2 aromatic rings. The zero-order valence-electron chi connectivity index (χ0n) is 13.4. The number of rotatable bonds is 5. The van der Waals surface area contributed by atoms with E-state index in [9.17, 15) is 13.2 Å². The lowest BCUT2D eigenvalue weighted by Crippen LogP contribution is -2.33. The smallest absolute Gasteiger partial charge is 0.406 e. The zero-order chi connectivity index (χ0) is 18.4. The molecule has 0 aliphatic carbocycles. The second-order valence-electron chi connectivity index (χ2n) is 5.14. The summed E-state index contributed by atoms with van der Waals surface area (Å²) in [4.78, 5) is 5.89. The number of alkyl halides is 4. The second kappa shape index (κ2) is 8.24. The maximum atomic E-state index is 12.3. The Balaban J connectivity index is 2.25. The van der Waals surface area contributed by atoms with Crippen molar-refractivity contribution in [3.63, 3.8) is 0 Å². The number of anilines is 1. The molecule has 0 aromatic heterocycles. The number of benzene rings is 2. The lowest BCUT2D eigenvalue weighted by Gasteiger charge is -2.19. The third-order valence-corrected chi connectivity index (χ3v) is 3.77. The number of hydrogen-bond donors (Lipinski definition) is 1. The fourth-order valence-electron chi connectivity index (χ4n) is 2.15. The van der Waals surface area contributed by atoms with Crippen molar-refractivity contribution in [3.05, 3.63) is 54.1 Å². The van der Waals surface area contributed by atoms with Crippen molar-refractivity contribution in [2.24, 2.45) is 10.7 Å². The van der Waals surface area contributed by atoms with Crippen LogP contribution in [0, 0.1) is 0 Å². The van der Waals surface area contributed by atoms with E-state index < -0.39 is 6.36 Å². The molecule has 134 valence electrons. The maximum absolute atomic E-state index is 12.3. The highest BCUT2D eigenvalue weighted by Gasteiger charge is 2.31. The van der Waals surface area contributed by atoms with Gasteiger partial charge in [-0.1, -0.05) is 40.2 Å². The number of hydrogen-bond acceptors (Lipinski definition) is 2. The summed E-state index contributed by atoms with van der Waals surface area (Å²) in [6.07, 6.45) is -3.96. The van der Waals surface area contributed by atoms with Crippen LogP contribution in [0.3, 0.4) is 0 Å². The van der Waals surface area contributed by atoms with Crippen molar-refractivity contribution < 1.29 is 17.9 Å². The van der Waals surface area contributed by atoms with Crippen molar-refractivity contribution in [2.75, 3.05) is 17.3 Å². The standard InChI is InChI=1S/C17H17BrF3N3O/c1-24(13-6-4-7-14(11-13)25-17(19,20)21)16(22)23-15-8-3-2-5-12(15)9-10-18/h2-8,11H,9-10H2,1H3,(H2,22,23). The van der Waals surface area contributed by atoms with E-state index in [2.05, 4.69) is 25.7 Å². The Hall–Kier alpha value is -2.22. The van der Waals surface area contributed by atoms with Gasteiger partial charge in [-0.25, -0.2) is 4.99 Å². The molecule has 0 radical (unpaired) electrons. The molecule has 4 nitrogen and oxygen atoms in total. The molecule has 0 unspecified atom stereocenters. The van der Waals surface area contributed by atoms with Gasteiger partial charge in [-0.05, 0) is 30.2 Å². The predicted octanol–water partition coefficient (Wildman–Crippen LogP) is 4.61. The average molecular weight is 416 g/mol. The summed E-state index contributed by atoms with van der Waals surface area (Å²) in [5.74, 6) is -0.157. The number of para-hydroxylation sites is 1. The van der Waals surface area contributed by atoms with Gasteiger partial charge in [-0.2, -0.15) is 0 Å². The normalized spacial score (nSPS) is 12.1. The third-order valence-electron chi connectivity index (χ3n) is 3.37. The SMILES string of the molecule is CN(C(N)=Nc1ccccc1CCBr)c1cccc(OC(F)(F)F)c1. The van der Waals surface area contributed by atoms with Gasteiger partial charge in [-0.15, -0.1) is 13.2 Å². The number of guanidine groups is 1. The topological polar surface area (TPSA) is 50.8 Å². The fourth-order valence-corrected chi connectivity index (χ4v) is 2.58. The van der Waals surface area contributed by atoms with E-state index >= 15 is 0 Å². The lowest BCUT2D eigenvalue weighted by atomic mass is 10.1. The minimum atomic E-state index is -4.74. The first-order chi connectivity index (χ1) is 11.8. The van der Waals surface area contributed by atoms with Crippen molar-refractivity contribution in [2.45, 2.75) is 12.8 Å². The Bertz CT molecular complexity index is 750.